The molecule has 2 N–H and O–H groups in total. The zero-order valence-corrected chi connectivity index (χ0v) is 5.32. The van der Waals surface area contributed by atoms with Crippen molar-refractivity contribution < 1.29 is 9.31 Å². The Bertz CT molecular complexity index is 282. The summed E-state index contributed by atoms with van der Waals surface area (Å²) >= 11 is 0. The molecule has 0 saturated carbocycles. The van der Waals surface area contributed by atoms with Gasteiger partial charge in [-0.15, -0.1) is 0 Å². The minimum absolute atomic E-state index is 0.220. The number of hydrogen-bond acceptors (Lipinski definition) is 4. The number of pyridine rings is 1. The molecule has 0 aromatic carbocycles. The fourth-order valence-electron chi connectivity index (χ4n) is 0.623. The molecule has 0 atom stereocenters. The Labute approximate surface area is 60.8 Å². The lowest BCUT2D eigenvalue weighted by molar-refractivity contribution is -0.387. The minimum atomic E-state index is -1.16. The van der Waals surface area contributed by atoms with Gasteiger partial charge in [-0.1, -0.05) is 0 Å². The summed E-state index contributed by atoms with van der Waals surface area (Å²) in [4.78, 5) is 12.3. The average molecular weight is 157 g/mol. The van der Waals surface area contributed by atoms with Crippen molar-refractivity contribution in [2.75, 3.05) is 5.73 Å². The quantitative estimate of drug-likeness (QED) is 0.369. The van der Waals surface area contributed by atoms with Gasteiger partial charge in [-0.05, 0) is 6.07 Å². The first-order valence-corrected chi connectivity index (χ1v) is 2.67. The van der Waals surface area contributed by atoms with Gasteiger partial charge in [0.1, 0.15) is 5.69 Å². The summed E-state index contributed by atoms with van der Waals surface area (Å²) in [5.41, 5.74) is 4.11. The highest BCUT2D eigenvalue weighted by Gasteiger charge is 2.18. The van der Waals surface area contributed by atoms with Crippen molar-refractivity contribution in [2.24, 2.45) is 0 Å². The van der Waals surface area contributed by atoms with E-state index in [4.69, 9.17) is 5.73 Å². The maximum Gasteiger partial charge on any atom is 0.346 e. The van der Waals surface area contributed by atoms with Crippen LogP contribution in [0.4, 0.5) is 15.8 Å². The van der Waals surface area contributed by atoms with E-state index >= 15 is 0 Å². The van der Waals surface area contributed by atoms with E-state index in [1.165, 1.54) is 6.07 Å². The largest absolute Gasteiger partial charge is 0.393 e. The van der Waals surface area contributed by atoms with Gasteiger partial charge in [-0.2, -0.15) is 4.39 Å². The van der Waals surface area contributed by atoms with Gasteiger partial charge in [0.2, 0.25) is 0 Å². The number of nitrogens with two attached hydrogens (primary N) is 1. The number of hydrogen-bond donors (Lipinski definition) is 1. The van der Waals surface area contributed by atoms with E-state index in [0.29, 0.717) is 0 Å². The van der Waals surface area contributed by atoms with Crippen LogP contribution in [0, 0.1) is 16.1 Å². The van der Waals surface area contributed by atoms with Crippen molar-refractivity contribution in [3.63, 3.8) is 0 Å². The molecule has 1 heterocycles. The topological polar surface area (TPSA) is 82.0 Å². The molecule has 0 unspecified atom stereocenters. The van der Waals surface area contributed by atoms with Gasteiger partial charge in [0.05, 0.1) is 4.92 Å². The van der Waals surface area contributed by atoms with Crippen LogP contribution in [-0.4, -0.2) is 9.91 Å². The molecule has 0 aliphatic heterocycles. The predicted molar refractivity (Wildman–Crippen MR) is 35.3 cm³/mol. The molecular weight excluding hydrogens is 153 g/mol. The van der Waals surface area contributed by atoms with Crippen molar-refractivity contribution in [1.82, 2.24) is 4.98 Å². The van der Waals surface area contributed by atoms with Gasteiger partial charge in [-0.25, -0.2) is 4.98 Å². The highest BCUT2D eigenvalue weighted by atomic mass is 19.1. The Morgan fingerprint density at radius 2 is 2.36 bits per heavy atom. The van der Waals surface area contributed by atoms with Crippen LogP contribution in [0.2, 0.25) is 0 Å². The van der Waals surface area contributed by atoms with Gasteiger partial charge >= 0.3 is 5.69 Å². The Morgan fingerprint density at radius 1 is 1.73 bits per heavy atom. The lowest BCUT2D eigenvalue weighted by Crippen LogP contribution is -1.99. The zero-order valence-electron chi connectivity index (χ0n) is 5.32. The van der Waals surface area contributed by atoms with Crippen LogP contribution in [0.15, 0.2) is 12.3 Å². The summed E-state index contributed by atoms with van der Waals surface area (Å²) in [6.45, 7) is 0. The molecule has 1 aromatic rings. The molecule has 0 spiro atoms. The van der Waals surface area contributed by atoms with Gasteiger partial charge in [0.15, 0.2) is 0 Å². The van der Waals surface area contributed by atoms with Crippen molar-refractivity contribution in [2.45, 2.75) is 0 Å². The van der Waals surface area contributed by atoms with Crippen LogP contribution in [0.1, 0.15) is 0 Å². The molecule has 58 valence electrons. The third kappa shape index (κ3) is 1.23. The fourth-order valence-corrected chi connectivity index (χ4v) is 0.623. The standard InChI is InChI=1S/C5H4FN3O2/c6-5-4(9(10)11)3(7)1-2-8-5/h1-2H,(H2,7,8). The van der Waals surface area contributed by atoms with Crippen molar-refractivity contribution in [1.29, 1.82) is 0 Å². The number of nitrogen functional groups attached to an aromatic ring is 1. The number of anilines is 1. The third-order valence-electron chi connectivity index (χ3n) is 1.09. The summed E-state index contributed by atoms with van der Waals surface area (Å²) < 4.78 is 12.5. The van der Waals surface area contributed by atoms with E-state index in [1.54, 1.807) is 0 Å². The predicted octanol–water partition coefficient (Wildman–Crippen LogP) is 0.711. The van der Waals surface area contributed by atoms with Gasteiger partial charge < -0.3 is 5.73 Å². The van der Waals surface area contributed by atoms with Crippen LogP contribution in [0.25, 0.3) is 0 Å². The zero-order chi connectivity index (χ0) is 8.43. The highest BCUT2D eigenvalue weighted by molar-refractivity contribution is 5.56. The molecule has 0 amide bonds. The van der Waals surface area contributed by atoms with Crippen LogP contribution < -0.4 is 5.73 Å². The summed E-state index contributed by atoms with van der Waals surface area (Å²) in [6.07, 6.45) is 1.07. The Hall–Kier alpha value is -1.72. The molecule has 0 aliphatic rings. The first-order valence-electron chi connectivity index (χ1n) is 2.67. The highest BCUT2D eigenvalue weighted by Crippen LogP contribution is 2.21. The average Bonchev–Trinajstić information content (AvgIpc) is 1.85. The molecular formula is C5H4FN3O2. The number of rotatable bonds is 1. The summed E-state index contributed by atoms with van der Waals surface area (Å²) in [5, 5.41) is 10.1. The minimum Gasteiger partial charge on any atom is -0.393 e. The van der Waals surface area contributed by atoms with E-state index < -0.39 is 16.6 Å². The first kappa shape index (κ1) is 7.39. The molecule has 0 fully saturated rings. The van der Waals surface area contributed by atoms with Gasteiger partial charge in [-0.3, -0.25) is 10.1 Å². The number of aromatic nitrogens is 1. The Kier molecular flexibility index (Phi) is 1.67. The molecule has 0 saturated heterocycles. The molecule has 1 rings (SSSR count). The number of halogens is 1. The second-order valence-corrected chi connectivity index (χ2v) is 1.80. The molecule has 0 aliphatic carbocycles. The van der Waals surface area contributed by atoms with E-state index in [2.05, 4.69) is 4.98 Å². The van der Waals surface area contributed by atoms with E-state index in [9.17, 15) is 14.5 Å². The molecule has 6 heteroatoms. The number of nitrogens with zero attached hydrogens (tertiary/aromatic N) is 2. The molecule has 1 aromatic heterocycles. The molecule has 11 heavy (non-hydrogen) atoms. The number of nitro groups is 1. The Morgan fingerprint density at radius 3 is 2.73 bits per heavy atom. The van der Waals surface area contributed by atoms with Crippen LogP contribution in [-0.2, 0) is 0 Å². The maximum absolute atomic E-state index is 12.5. The monoisotopic (exact) mass is 157 g/mol. The lowest BCUT2D eigenvalue weighted by atomic mass is 10.3. The molecule has 5 nitrogen and oxygen atoms in total. The second-order valence-electron chi connectivity index (χ2n) is 1.80. The van der Waals surface area contributed by atoms with Crippen LogP contribution in [0.3, 0.4) is 0 Å². The SMILES string of the molecule is Nc1ccnc(F)c1[N+](=O)[O-]. The summed E-state index contributed by atoms with van der Waals surface area (Å²) in [5.74, 6) is -1.16. The second kappa shape index (κ2) is 2.49. The summed E-state index contributed by atoms with van der Waals surface area (Å²) in [6, 6.07) is 1.17. The third-order valence-corrected chi connectivity index (χ3v) is 1.09. The van der Waals surface area contributed by atoms with Crippen molar-refractivity contribution >= 4 is 11.4 Å². The van der Waals surface area contributed by atoms with Gasteiger partial charge in [0, 0.05) is 6.20 Å². The fraction of sp³-hybridized carbons (Fsp3) is 0. The van der Waals surface area contributed by atoms with Crippen molar-refractivity contribution in [3.05, 3.63) is 28.3 Å². The smallest absolute Gasteiger partial charge is 0.346 e. The maximum atomic E-state index is 12.5. The van der Waals surface area contributed by atoms with E-state index in [-0.39, 0.29) is 5.69 Å². The van der Waals surface area contributed by atoms with Crippen LogP contribution in [0.5, 0.6) is 0 Å². The first-order chi connectivity index (χ1) is 5.13. The molecule has 0 bridgehead atoms. The lowest BCUT2D eigenvalue weighted by Gasteiger charge is -1.94. The van der Waals surface area contributed by atoms with Crippen LogP contribution >= 0.6 is 0 Å². The van der Waals surface area contributed by atoms with E-state index in [1.807, 2.05) is 0 Å². The van der Waals surface area contributed by atoms with Gasteiger partial charge in [0.25, 0.3) is 5.95 Å². The van der Waals surface area contributed by atoms with Crippen molar-refractivity contribution in [3.8, 4) is 0 Å². The van der Waals surface area contributed by atoms with E-state index in [0.717, 1.165) is 6.20 Å². The normalized spacial score (nSPS) is 9.55. The molecule has 0 radical (unpaired) electrons. The summed E-state index contributed by atoms with van der Waals surface area (Å²) in [7, 11) is 0. The Balaban J connectivity index is 3.32.